The molecular formula is C13H16FNO3. The Hall–Kier alpha value is -1.88. The number of methoxy groups -OCH3 is 1. The van der Waals surface area contributed by atoms with Crippen LogP contribution >= 0.6 is 0 Å². The number of carbonyl (C=O) groups is 1. The minimum atomic E-state index is -1.03. The number of aliphatic carboxylic acids is 1. The zero-order chi connectivity index (χ0) is 13.7. The molecule has 0 unspecified atom stereocenters. The van der Waals surface area contributed by atoms with Gasteiger partial charge >= 0.3 is 5.97 Å². The lowest BCUT2D eigenvalue weighted by molar-refractivity contribution is -0.132. The summed E-state index contributed by atoms with van der Waals surface area (Å²) in [5, 5.41) is 8.71. The molecule has 5 heteroatoms. The SMILES string of the molecule is C=C(CN(C)Cc1ccc(OC)c(F)c1)C(=O)O. The lowest BCUT2D eigenvalue weighted by Gasteiger charge is -2.16. The van der Waals surface area contributed by atoms with Crippen molar-refractivity contribution in [2.24, 2.45) is 0 Å². The van der Waals surface area contributed by atoms with Crippen molar-refractivity contribution in [1.29, 1.82) is 0 Å². The number of hydrogen-bond acceptors (Lipinski definition) is 3. The van der Waals surface area contributed by atoms with Gasteiger partial charge in [-0.1, -0.05) is 12.6 Å². The van der Waals surface area contributed by atoms with Gasteiger partial charge < -0.3 is 9.84 Å². The molecule has 0 aliphatic carbocycles. The monoisotopic (exact) mass is 253 g/mol. The number of ether oxygens (including phenoxy) is 1. The van der Waals surface area contributed by atoms with Gasteiger partial charge in [-0.25, -0.2) is 9.18 Å². The van der Waals surface area contributed by atoms with Crippen LogP contribution in [0.25, 0.3) is 0 Å². The molecule has 0 atom stereocenters. The highest BCUT2D eigenvalue weighted by Gasteiger charge is 2.09. The van der Waals surface area contributed by atoms with Gasteiger partial charge in [-0.05, 0) is 24.7 Å². The maximum atomic E-state index is 13.4. The predicted octanol–water partition coefficient (Wildman–Crippen LogP) is 1.91. The van der Waals surface area contributed by atoms with Gasteiger partial charge in [0.15, 0.2) is 11.6 Å². The molecule has 0 heterocycles. The first-order valence-corrected chi connectivity index (χ1v) is 5.36. The number of hydrogen-bond donors (Lipinski definition) is 1. The van der Waals surface area contributed by atoms with Crippen molar-refractivity contribution in [1.82, 2.24) is 4.90 Å². The Morgan fingerprint density at radius 2 is 2.22 bits per heavy atom. The number of rotatable bonds is 6. The fourth-order valence-electron chi connectivity index (χ4n) is 1.57. The number of carboxylic acid groups (broad SMARTS) is 1. The van der Waals surface area contributed by atoms with Crippen molar-refractivity contribution >= 4 is 5.97 Å². The van der Waals surface area contributed by atoms with Gasteiger partial charge in [-0.3, -0.25) is 4.90 Å². The Kier molecular flexibility index (Phi) is 4.85. The third kappa shape index (κ3) is 3.85. The molecule has 1 aromatic carbocycles. The minimum Gasteiger partial charge on any atom is -0.494 e. The molecule has 0 bridgehead atoms. The van der Waals surface area contributed by atoms with Crippen molar-refractivity contribution in [3.8, 4) is 5.75 Å². The molecule has 98 valence electrons. The van der Waals surface area contributed by atoms with E-state index in [9.17, 15) is 9.18 Å². The summed E-state index contributed by atoms with van der Waals surface area (Å²) in [5.41, 5.74) is 0.848. The molecule has 0 amide bonds. The summed E-state index contributed by atoms with van der Waals surface area (Å²) in [7, 11) is 3.15. The Morgan fingerprint density at radius 1 is 1.56 bits per heavy atom. The zero-order valence-electron chi connectivity index (χ0n) is 10.4. The maximum absolute atomic E-state index is 13.4. The molecular weight excluding hydrogens is 237 g/mol. The highest BCUT2D eigenvalue weighted by Crippen LogP contribution is 2.18. The van der Waals surface area contributed by atoms with E-state index in [1.807, 2.05) is 0 Å². The molecule has 0 aromatic heterocycles. The first-order valence-electron chi connectivity index (χ1n) is 5.36. The van der Waals surface area contributed by atoms with E-state index in [4.69, 9.17) is 9.84 Å². The smallest absolute Gasteiger partial charge is 0.332 e. The maximum Gasteiger partial charge on any atom is 0.332 e. The van der Waals surface area contributed by atoms with Gasteiger partial charge in [0.05, 0.1) is 7.11 Å². The van der Waals surface area contributed by atoms with Gasteiger partial charge in [-0.15, -0.1) is 0 Å². The average Bonchev–Trinajstić information content (AvgIpc) is 2.28. The highest BCUT2D eigenvalue weighted by molar-refractivity contribution is 5.86. The second-order valence-electron chi connectivity index (χ2n) is 4.05. The molecule has 0 aliphatic rings. The van der Waals surface area contributed by atoms with Gasteiger partial charge in [0.2, 0.25) is 0 Å². The van der Waals surface area contributed by atoms with Crippen LogP contribution in [0.3, 0.4) is 0 Å². The molecule has 1 N–H and O–H groups in total. The van der Waals surface area contributed by atoms with E-state index in [1.165, 1.54) is 13.2 Å². The Balaban J connectivity index is 2.65. The molecule has 0 saturated carbocycles. The number of likely N-dealkylation sites (N-methyl/N-ethyl adjacent to an activating group) is 1. The summed E-state index contributed by atoms with van der Waals surface area (Å²) >= 11 is 0. The summed E-state index contributed by atoms with van der Waals surface area (Å²) in [6.45, 7) is 4.11. The Labute approximate surface area is 105 Å². The first-order chi connectivity index (χ1) is 8.43. The summed E-state index contributed by atoms with van der Waals surface area (Å²) in [5.74, 6) is -1.26. The summed E-state index contributed by atoms with van der Waals surface area (Å²) in [6.07, 6.45) is 0. The lowest BCUT2D eigenvalue weighted by Crippen LogP contribution is -2.23. The number of carboxylic acids is 1. The van der Waals surface area contributed by atoms with Crippen molar-refractivity contribution < 1.29 is 19.0 Å². The number of halogens is 1. The van der Waals surface area contributed by atoms with Crippen LogP contribution in [0.15, 0.2) is 30.4 Å². The van der Waals surface area contributed by atoms with E-state index in [-0.39, 0.29) is 17.9 Å². The first kappa shape index (κ1) is 14.2. The topological polar surface area (TPSA) is 49.8 Å². The van der Waals surface area contributed by atoms with Crippen molar-refractivity contribution in [2.45, 2.75) is 6.54 Å². The second-order valence-corrected chi connectivity index (χ2v) is 4.05. The van der Waals surface area contributed by atoms with Crippen LogP contribution in [-0.2, 0) is 11.3 Å². The molecule has 0 radical (unpaired) electrons. The van der Waals surface area contributed by atoms with Crippen LogP contribution in [0.4, 0.5) is 4.39 Å². The summed E-state index contributed by atoms with van der Waals surface area (Å²) in [6, 6.07) is 4.66. The standard InChI is InChI=1S/C13H16FNO3/c1-9(13(16)17)7-15(2)8-10-4-5-12(18-3)11(14)6-10/h4-6H,1,7-8H2,2-3H3,(H,16,17). The third-order valence-electron chi connectivity index (χ3n) is 2.43. The molecule has 0 spiro atoms. The van der Waals surface area contributed by atoms with E-state index >= 15 is 0 Å². The predicted molar refractivity (Wildman–Crippen MR) is 66.1 cm³/mol. The van der Waals surface area contributed by atoms with Crippen molar-refractivity contribution in [2.75, 3.05) is 20.7 Å². The van der Waals surface area contributed by atoms with Crippen LogP contribution in [-0.4, -0.2) is 36.7 Å². The Morgan fingerprint density at radius 3 is 2.72 bits per heavy atom. The quantitative estimate of drug-likeness (QED) is 0.787. The fourth-order valence-corrected chi connectivity index (χ4v) is 1.57. The molecule has 1 rings (SSSR count). The molecule has 4 nitrogen and oxygen atoms in total. The van der Waals surface area contributed by atoms with E-state index in [2.05, 4.69) is 6.58 Å². The van der Waals surface area contributed by atoms with E-state index in [0.717, 1.165) is 5.56 Å². The van der Waals surface area contributed by atoms with Gasteiger partial charge in [-0.2, -0.15) is 0 Å². The van der Waals surface area contributed by atoms with Crippen LogP contribution in [0.5, 0.6) is 5.75 Å². The minimum absolute atomic E-state index is 0.103. The zero-order valence-corrected chi connectivity index (χ0v) is 10.4. The van der Waals surface area contributed by atoms with Crippen LogP contribution in [0.2, 0.25) is 0 Å². The van der Waals surface area contributed by atoms with Crippen LogP contribution in [0.1, 0.15) is 5.56 Å². The van der Waals surface area contributed by atoms with Gasteiger partial charge in [0, 0.05) is 18.7 Å². The second kappa shape index (κ2) is 6.16. The van der Waals surface area contributed by atoms with Crippen molar-refractivity contribution in [3.63, 3.8) is 0 Å². The largest absolute Gasteiger partial charge is 0.494 e. The normalized spacial score (nSPS) is 10.4. The third-order valence-corrected chi connectivity index (χ3v) is 2.43. The molecule has 0 aliphatic heterocycles. The van der Waals surface area contributed by atoms with Gasteiger partial charge in [0.25, 0.3) is 0 Å². The lowest BCUT2D eigenvalue weighted by atomic mass is 10.2. The van der Waals surface area contributed by atoms with E-state index < -0.39 is 11.8 Å². The molecule has 0 saturated heterocycles. The molecule has 1 aromatic rings. The molecule has 0 fully saturated rings. The van der Waals surface area contributed by atoms with Gasteiger partial charge in [0.1, 0.15) is 0 Å². The van der Waals surface area contributed by atoms with Crippen LogP contribution < -0.4 is 4.74 Å². The summed E-state index contributed by atoms with van der Waals surface area (Å²) < 4.78 is 18.3. The summed E-state index contributed by atoms with van der Waals surface area (Å²) in [4.78, 5) is 12.4. The van der Waals surface area contributed by atoms with E-state index in [1.54, 1.807) is 24.1 Å². The number of benzene rings is 1. The fraction of sp³-hybridized carbons (Fsp3) is 0.308. The number of nitrogens with zero attached hydrogens (tertiary/aromatic N) is 1. The van der Waals surface area contributed by atoms with E-state index in [0.29, 0.717) is 6.54 Å². The average molecular weight is 253 g/mol. The van der Waals surface area contributed by atoms with Crippen molar-refractivity contribution in [3.05, 3.63) is 41.7 Å². The van der Waals surface area contributed by atoms with Crippen LogP contribution in [0, 0.1) is 5.82 Å². The molecule has 18 heavy (non-hydrogen) atoms. The Bertz CT molecular complexity index is 460. The highest BCUT2D eigenvalue weighted by atomic mass is 19.1.